The van der Waals surface area contributed by atoms with Crippen LogP contribution in [0.2, 0.25) is 0 Å². The van der Waals surface area contributed by atoms with Crippen LogP contribution >= 0.6 is 11.6 Å². The number of halogens is 1. The Bertz CT molecular complexity index is 581. The summed E-state index contributed by atoms with van der Waals surface area (Å²) in [5, 5.41) is 25.2. The number of nitrogens with one attached hydrogen (secondary N) is 2. The molecule has 1 rings (SSSR count). The topological polar surface area (TPSA) is 98.7 Å². The molecule has 3 atom stereocenters. The summed E-state index contributed by atoms with van der Waals surface area (Å²) in [6.45, 7) is 6.51. The minimum atomic E-state index is -1.35. The zero-order valence-electron chi connectivity index (χ0n) is 14.3. The van der Waals surface area contributed by atoms with E-state index in [9.17, 15) is 19.8 Å². The van der Waals surface area contributed by atoms with Crippen LogP contribution < -0.4 is 10.6 Å². The molecule has 0 unspecified atom stereocenters. The number of carbonyl (C=O) groups is 2. The van der Waals surface area contributed by atoms with Crippen LogP contribution in [0.25, 0.3) is 0 Å². The van der Waals surface area contributed by atoms with Crippen LogP contribution in [0.3, 0.4) is 0 Å². The van der Waals surface area contributed by atoms with Crippen molar-refractivity contribution in [2.24, 2.45) is 5.41 Å². The first-order valence-electron chi connectivity index (χ1n) is 7.59. The SMILES string of the molecule is CC(C)(C=O)[C@](C)(NC(=O)O)N[C@@](C)(c1ccccc1)[C@@H](O)CCl. The Labute approximate surface area is 147 Å². The Hall–Kier alpha value is -1.63. The third-order valence-electron chi connectivity index (χ3n) is 4.64. The Morgan fingerprint density at radius 2 is 1.79 bits per heavy atom. The van der Waals surface area contributed by atoms with Gasteiger partial charge in [0.25, 0.3) is 0 Å². The van der Waals surface area contributed by atoms with Crippen LogP contribution in [0, 0.1) is 5.41 Å². The van der Waals surface area contributed by atoms with E-state index in [0.717, 1.165) is 5.56 Å². The molecule has 7 heteroatoms. The van der Waals surface area contributed by atoms with Crippen LogP contribution in [-0.2, 0) is 10.3 Å². The maximum Gasteiger partial charge on any atom is 0.406 e. The molecule has 0 aliphatic rings. The lowest BCUT2D eigenvalue weighted by molar-refractivity contribution is -0.120. The average molecular weight is 357 g/mol. The van der Waals surface area contributed by atoms with Crippen LogP contribution in [0.15, 0.2) is 30.3 Å². The van der Waals surface area contributed by atoms with Crippen LogP contribution in [0.4, 0.5) is 4.79 Å². The molecule has 1 aromatic rings. The van der Waals surface area contributed by atoms with Gasteiger partial charge in [-0.25, -0.2) is 4.79 Å². The molecule has 1 amide bonds. The van der Waals surface area contributed by atoms with Crippen molar-refractivity contribution in [3.63, 3.8) is 0 Å². The van der Waals surface area contributed by atoms with Crippen LogP contribution in [-0.4, -0.2) is 40.2 Å². The molecule has 0 aromatic heterocycles. The lowest BCUT2D eigenvalue weighted by atomic mass is 9.76. The summed E-state index contributed by atoms with van der Waals surface area (Å²) in [6, 6.07) is 9.06. The third kappa shape index (κ3) is 4.06. The van der Waals surface area contributed by atoms with Crippen LogP contribution in [0.5, 0.6) is 0 Å². The summed E-state index contributed by atoms with van der Waals surface area (Å²) in [7, 11) is 0. The van der Waals surface area contributed by atoms with Gasteiger partial charge in [-0.05, 0) is 33.3 Å². The highest BCUT2D eigenvalue weighted by molar-refractivity contribution is 6.18. The van der Waals surface area contributed by atoms with Gasteiger partial charge in [-0.15, -0.1) is 11.6 Å². The first-order chi connectivity index (χ1) is 11.0. The van der Waals surface area contributed by atoms with E-state index >= 15 is 0 Å². The second-order valence-electron chi connectivity index (χ2n) is 6.76. The Morgan fingerprint density at radius 3 is 2.21 bits per heavy atom. The first-order valence-corrected chi connectivity index (χ1v) is 8.12. The average Bonchev–Trinajstić information content (AvgIpc) is 2.53. The predicted molar refractivity (Wildman–Crippen MR) is 93.1 cm³/mol. The number of aliphatic hydroxyl groups excluding tert-OH is 1. The van der Waals surface area contributed by atoms with Gasteiger partial charge < -0.3 is 20.3 Å². The number of amides is 1. The summed E-state index contributed by atoms with van der Waals surface area (Å²) >= 11 is 5.87. The zero-order chi connectivity index (χ0) is 18.6. The summed E-state index contributed by atoms with van der Waals surface area (Å²) in [5.74, 6) is -0.0664. The molecule has 1 aromatic carbocycles. The molecule has 0 radical (unpaired) electrons. The van der Waals surface area contributed by atoms with Crippen molar-refractivity contribution in [3.8, 4) is 0 Å². The lowest BCUT2D eigenvalue weighted by Crippen LogP contribution is -2.71. The Kier molecular flexibility index (Phi) is 6.38. The molecule has 0 aliphatic carbocycles. The second-order valence-corrected chi connectivity index (χ2v) is 7.07. The molecular weight excluding hydrogens is 332 g/mol. The number of alkyl halides is 1. The van der Waals surface area contributed by atoms with Gasteiger partial charge >= 0.3 is 6.09 Å². The highest BCUT2D eigenvalue weighted by atomic mass is 35.5. The van der Waals surface area contributed by atoms with Gasteiger partial charge in [-0.3, -0.25) is 5.32 Å². The normalized spacial score (nSPS) is 18.1. The van der Waals surface area contributed by atoms with Gasteiger partial charge in [-0.1, -0.05) is 30.3 Å². The third-order valence-corrected chi connectivity index (χ3v) is 4.93. The van der Waals surface area contributed by atoms with Gasteiger partial charge in [0.05, 0.1) is 22.9 Å². The van der Waals surface area contributed by atoms with E-state index in [-0.39, 0.29) is 5.88 Å². The first kappa shape index (κ1) is 20.4. The molecule has 0 spiro atoms. The zero-order valence-corrected chi connectivity index (χ0v) is 15.1. The Balaban J connectivity index is 3.42. The molecule has 0 aliphatic heterocycles. The van der Waals surface area contributed by atoms with E-state index < -0.39 is 28.8 Å². The van der Waals surface area contributed by atoms with Gasteiger partial charge in [-0.2, -0.15) is 0 Å². The maximum atomic E-state index is 11.6. The van der Waals surface area contributed by atoms with Gasteiger partial charge in [0.2, 0.25) is 0 Å². The number of hydrogen-bond donors (Lipinski definition) is 4. The number of benzene rings is 1. The fourth-order valence-corrected chi connectivity index (χ4v) is 2.80. The van der Waals surface area contributed by atoms with Crippen molar-refractivity contribution >= 4 is 24.0 Å². The second kappa shape index (κ2) is 7.51. The lowest BCUT2D eigenvalue weighted by Gasteiger charge is -2.49. The number of rotatable bonds is 8. The van der Waals surface area contributed by atoms with Crippen molar-refractivity contribution in [1.29, 1.82) is 0 Å². The standard InChI is InChI=1S/C17H25ClN2O4/c1-15(2,11-21)17(4,19-14(23)24)20-16(3,13(22)10-18)12-8-6-5-7-9-12/h5-9,11,13,19-20,22H,10H2,1-4H3,(H,23,24)/t13-,16-,17+/m0/s1. The molecule has 24 heavy (non-hydrogen) atoms. The molecule has 134 valence electrons. The van der Waals surface area contributed by atoms with E-state index in [2.05, 4.69) is 10.6 Å². The monoisotopic (exact) mass is 356 g/mol. The van der Waals surface area contributed by atoms with Crippen LogP contribution in [0.1, 0.15) is 33.3 Å². The molecular formula is C17H25ClN2O4. The van der Waals surface area contributed by atoms with E-state index in [0.29, 0.717) is 6.29 Å². The molecule has 0 saturated heterocycles. The smallest absolute Gasteiger partial charge is 0.406 e. The van der Waals surface area contributed by atoms with E-state index in [1.165, 1.54) is 0 Å². The van der Waals surface area contributed by atoms with Crippen molar-refractivity contribution < 1.29 is 19.8 Å². The number of carboxylic acid groups (broad SMARTS) is 1. The molecule has 0 bridgehead atoms. The minimum Gasteiger partial charge on any atom is -0.465 e. The number of aldehydes is 1. The summed E-state index contributed by atoms with van der Waals surface area (Å²) < 4.78 is 0. The Morgan fingerprint density at radius 1 is 1.25 bits per heavy atom. The number of carbonyl (C=O) groups excluding carboxylic acids is 1. The van der Waals surface area contributed by atoms with Crippen molar-refractivity contribution in [3.05, 3.63) is 35.9 Å². The van der Waals surface area contributed by atoms with Gasteiger partial charge in [0, 0.05) is 0 Å². The summed E-state index contributed by atoms with van der Waals surface area (Å²) in [5.41, 5.74) is -2.80. The van der Waals surface area contributed by atoms with Crippen molar-refractivity contribution in [2.45, 2.75) is 45.0 Å². The number of hydrogen-bond acceptors (Lipinski definition) is 4. The maximum absolute atomic E-state index is 11.6. The molecule has 0 heterocycles. The fraction of sp³-hybridized carbons (Fsp3) is 0.529. The fourth-order valence-electron chi connectivity index (χ4n) is 2.49. The number of aliphatic hydroxyl groups is 1. The quantitative estimate of drug-likeness (QED) is 0.325. The molecule has 0 fully saturated rings. The highest BCUT2D eigenvalue weighted by Gasteiger charge is 2.49. The largest absolute Gasteiger partial charge is 0.465 e. The van der Waals surface area contributed by atoms with E-state index in [1.54, 1.807) is 39.8 Å². The van der Waals surface area contributed by atoms with Gasteiger partial charge in [0.15, 0.2) is 0 Å². The molecule has 0 saturated carbocycles. The summed E-state index contributed by atoms with van der Waals surface area (Å²) in [4.78, 5) is 22.8. The summed E-state index contributed by atoms with van der Waals surface area (Å²) in [6.07, 6.45) is -1.62. The van der Waals surface area contributed by atoms with Crippen molar-refractivity contribution in [2.75, 3.05) is 5.88 Å². The van der Waals surface area contributed by atoms with Crippen molar-refractivity contribution in [1.82, 2.24) is 10.6 Å². The minimum absolute atomic E-state index is 0.0664. The van der Waals surface area contributed by atoms with E-state index in [1.807, 2.05) is 18.2 Å². The predicted octanol–water partition coefficient (Wildman–Crippen LogP) is 2.30. The van der Waals surface area contributed by atoms with Gasteiger partial charge in [0.1, 0.15) is 11.9 Å². The van der Waals surface area contributed by atoms with E-state index in [4.69, 9.17) is 11.6 Å². The highest BCUT2D eigenvalue weighted by Crippen LogP contribution is 2.34. The molecule has 4 N–H and O–H groups in total. The molecule has 6 nitrogen and oxygen atoms in total.